The lowest BCUT2D eigenvalue weighted by Gasteiger charge is -2.00. The maximum Gasteiger partial charge on any atom is 0.0250 e. The Labute approximate surface area is 57.1 Å². The third-order valence-electron chi connectivity index (χ3n) is 1.70. The molecule has 0 spiro atoms. The number of hydrogen-bond acceptors (Lipinski definition) is 1. The van der Waals surface area contributed by atoms with Crippen molar-refractivity contribution in [2.45, 2.75) is 32.2 Å². The average Bonchev–Trinajstić information content (AvgIpc) is 2.34. The molecule has 0 bridgehead atoms. The van der Waals surface area contributed by atoms with Gasteiger partial charge in [0.15, 0.2) is 0 Å². The Hall–Kier alpha value is -0.300. The van der Waals surface area contributed by atoms with Crippen LogP contribution in [-0.4, -0.2) is 12.6 Å². The summed E-state index contributed by atoms with van der Waals surface area (Å²) < 4.78 is 0. The summed E-state index contributed by atoms with van der Waals surface area (Å²) in [6, 6.07) is 0.685. The van der Waals surface area contributed by atoms with Crippen molar-refractivity contribution >= 4 is 0 Å². The Balaban J connectivity index is 2.18. The summed E-state index contributed by atoms with van der Waals surface area (Å²) in [5.74, 6) is 0. The predicted molar refractivity (Wildman–Crippen MR) is 40.5 cm³/mol. The predicted octanol–water partition coefficient (Wildman–Crippen LogP) is 1.70. The summed E-state index contributed by atoms with van der Waals surface area (Å²) in [5.41, 5.74) is 0. The highest BCUT2D eigenvalue weighted by Crippen LogP contribution is 2.05. The highest BCUT2D eigenvalue weighted by atomic mass is 14.9. The number of hydrogen-bond donors (Lipinski definition) is 1. The summed E-state index contributed by atoms with van der Waals surface area (Å²) in [7, 11) is 0. The van der Waals surface area contributed by atoms with Crippen LogP contribution in [0.4, 0.5) is 0 Å². The number of nitrogens with one attached hydrogen (secondary N) is 1. The summed E-state index contributed by atoms with van der Waals surface area (Å²) in [5, 5.41) is 3.40. The van der Waals surface area contributed by atoms with E-state index < -0.39 is 0 Å². The van der Waals surface area contributed by atoms with Crippen molar-refractivity contribution in [3.8, 4) is 0 Å². The molecule has 1 heteroatoms. The molecular weight excluding hydrogens is 110 g/mol. The van der Waals surface area contributed by atoms with Crippen LogP contribution >= 0.6 is 0 Å². The van der Waals surface area contributed by atoms with E-state index in [-0.39, 0.29) is 0 Å². The molecular formula is C8H15N. The van der Waals surface area contributed by atoms with Crippen LogP contribution in [0.2, 0.25) is 0 Å². The quantitative estimate of drug-likeness (QED) is 0.554. The van der Waals surface area contributed by atoms with Crippen molar-refractivity contribution in [3.05, 3.63) is 12.2 Å². The molecule has 0 radical (unpaired) electrons. The first kappa shape index (κ1) is 6.81. The van der Waals surface area contributed by atoms with Gasteiger partial charge in [0, 0.05) is 6.04 Å². The van der Waals surface area contributed by atoms with Crippen LogP contribution in [0.15, 0.2) is 12.2 Å². The topological polar surface area (TPSA) is 12.0 Å². The fourth-order valence-electron chi connectivity index (χ4n) is 1.18. The highest BCUT2D eigenvalue weighted by Gasteiger charge is 2.08. The van der Waals surface area contributed by atoms with E-state index in [0.717, 1.165) is 6.42 Å². The van der Waals surface area contributed by atoms with Crippen molar-refractivity contribution in [2.75, 3.05) is 6.54 Å². The van der Waals surface area contributed by atoms with Gasteiger partial charge in [0.1, 0.15) is 0 Å². The van der Waals surface area contributed by atoms with Crippen molar-refractivity contribution in [1.82, 2.24) is 5.32 Å². The fourth-order valence-corrected chi connectivity index (χ4v) is 1.18. The minimum atomic E-state index is 0.685. The number of allylic oxidation sites excluding steroid dienone is 1. The van der Waals surface area contributed by atoms with E-state index in [1.165, 1.54) is 19.4 Å². The van der Waals surface area contributed by atoms with E-state index in [0.29, 0.717) is 6.04 Å². The van der Waals surface area contributed by atoms with Crippen LogP contribution < -0.4 is 5.32 Å². The molecule has 1 atom stereocenters. The van der Waals surface area contributed by atoms with Crippen LogP contribution in [0.25, 0.3) is 0 Å². The van der Waals surface area contributed by atoms with Gasteiger partial charge in [0.25, 0.3) is 0 Å². The summed E-state index contributed by atoms with van der Waals surface area (Å²) in [4.78, 5) is 0. The molecule has 1 heterocycles. The highest BCUT2D eigenvalue weighted by molar-refractivity contribution is 4.95. The Morgan fingerprint density at radius 2 is 2.56 bits per heavy atom. The lowest BCUT2D eigenvalue weighted by atomic mass is 10.2. The molecule has 0 aromatic rings. The van der Waals surface area contributed by atoms with E-state index in [9.17, 15) is 0 Å². The second-order valence-electron chi connectivity index (χ2n) is 2.54. The van der Waals surface area contributed by atoms with Gasteiger partial charge in [-0.2, -0.15) is 0 Å². The SMILES string of the molecule is CC/C=C/C1CCCN1. The largest absolute Gasteiger partial charge is 0.311 e. The van der Waals surface area contributed by atoms with Gasteiger partial charge >= 0.3 is 0 Å². The fraction of sp³-hybridized carbons (Fsp3) is 0.750. The van der Waals surface area contributed by atoms with Crippen LogP contribution in [-0.2, 0) is 0 Å². The second-order valence-corrected chi connectivity index (χ2v) is 2.54. The molecule has 0 aromatic carbocycles. The zero-order valence-electron chi connectivity index (χ0n) is 6.06. The standard InChI is InChI=1S/C8H15N/c1-2-3-5-8-6-4-7-9-8/h3,5,8-9H,2,4,6-7H2,1H3/b5-3+. The Bertz CT molecular complexity index is 90.7. The molecule has 1 aliphatic heterocycles. The molecule has 9 heavy (non-hydrogen) atoms. The third-order valence-corrected chi connectivity index (χ3v) is 1.70. The molecule has 0 amide bonds. The van der Waals surface area contributed by atoms with E-state index in [2.05, 4.69) is 24.4 Å². The molecule has 1 nitrogen and oxygen atoms in total. The summed E-state index contributed by atoms with van der Waals surface area (Å²) >= 11 is 0. The smallest absolute Gasteiger partial charge is 0.0250 e. The maximum atomic E-state index is 3.40. The zero-order chi connectivity index (χ0) is 6.53. The Morgan fingerprint density at radius 1 is 1.67 bits per heavy atom. The number of rotatable bonds is 2. The first-order chi connectivity index (χ1) is 4.43. The molecule has 1 fully saturated rings. The lowest BCUT2D eigenvalue weighted by Crippen LogP contribution is -2.17. The Morgan fingerprint density at radius 3 is 3.11 bits per heavy atom. The first-order valence-electron chi connectivity index (χ1n) is 3.83. The van der Waals surface area contributed by atoms with Gasteiger partial charge in [-0.15, -0.1) is 0 Å². The van der Waals surface area contributed by atoms with Crippen LogP contribution in [0.5, 0.6) is 0 Å². The van der Waals surface area contributed by atoms with Gasteiger partial charge < -0.3 is 5.32 Å². The average molecular weight is 125 g/mol. The van der Waals surface area contributed by atoms with Gasteiger partial charge in [0.05, 0.1) is 0 Å². The second kappa shape index (κ2) is 3.67. The van der Waals surface area contributed by atoms with Gasteiger partial charge in [-0.3, -0.25) is 0 Å². The van der Waals surface area contributed by atoms with E-state index in [1.54, 1.807) is 0 Å². The van der Waals surface area contributed by atoms with Crippen molar-refractivity contribution in [3.63, 3.8) is 0 Å². The normalized spacial score (nSPS) is 27.9. The van der Waals surface area contributed by atoms with Gasteiger partial charge in [-0.25, -0.2) is 0 Å². The van der Waals surface area contributed by atoms with Crippen LogP contribution in [0, 0.1) is 0 Å². The zero-order valence-corrected chi connectivity index (χ0v) is 6.06. The molecule has 1 aliphatic rings. The maximum absolute atomic E-state index is 3.40. The molecule has 1 saturated heterocycles. The minimum absolute atomic E-state index is 0.685. The lowest BCUT2D eigenvalue weighted by molar-refractivity contribution is 0.725. The monoisotopic (exact) mass is 125 g/mol. The van der Waals surface area contributed by atoms with Crippen molar-refractivity contribution < 1.29 is 0 Å². The van der Waals surface area contributed by atoms with E-state index >= 15 is 0 Å². The van der Waals surface area contributed by atoms with Gasteiger partial charge in [-0.1, -0.05) is 19.1 Å². The molecule has 0 saturated carbocycles. The molecule has 1 unspecified atom stereocenters. The summed E-state index contributed by atoms with van der Waals surface area (Å²) in [6.07, 6.45) is 8.36. The van der Waals surface area contributed by atoms with E-state index in [1.807, 2.05) is 0 Å². The Kier molecular flexibility index (Phi) is 2.78. The molecule has 0 aromatic heterocycles. The van der Waals surface area contributed by atoms with Gasteiger partial charge in [0.2, 0.25) is 0 Å². The van der Waals surface area contributed by atoms with Crippen molar-refractivity contribution in [1.29, 1.82) is 0 Å². The molecule has 0 aliphatic carbocycles. The first-order valence-corrected chi connectivity index (χ1v) is 3.83. The third kappa shape index (κ3) is 2.19. The van der Waals surface area contributed by atoms with Crippen LogP contribution in [0.3, 0.4) is 0 Å². The van der Waals surface area contributed by atoms with E-state index in [4.69, 9.17) is 0 Å². The summed E-state index contributed by atoms with van der Waals surface area (Å²) in [6.45, 7) is 3.38. The minimum Gasteiger partial charge on any atom is -0.311 e. The van der Waals surface area contributed by atoms with Crippen LogP contribution in [0.1, 0.15) is 26.2 Å². The molecule has 1 N–H and O–H groups in total. The molecule has 1 rings (SSSR count). The van der Waals surface area contributed by atoms with Crippen molar-refractivity contribution in [2.24, 2.45) is 0 Å². The molecule has 52 valence electrons. The van der Waals surface area contributed by atoms with Gasteiger partial charge in [-0.05, 0) is 25.8 Å².